The summed E-state index contributed by atoms with van der Waals surface area (Å²) >= 11 is 0. The lowest BCUT2D eigenvalue weighted by atomic mass is 10.0. The molecule has 4 aromatic rings. The molecule has 0 aliphatic rings. The Kier molecular flexibility index (Phi) is 5.63. The molecule has 4 rings (SSSR count). The van der Waals surface area contributed by atoms with Crippen LogP contribution >= 0.6 is 0 Å². The molecule has 0 aliphatic carbocycles. The van der Waals surface area contributed by atoms with E-state index >= 15 is 0 Å². The minimum Gasteiger partial charge on any atom is -0.497 e. The number of hydrogen-bond donors (Lipinski definition) is 2. The lowest BCUT2D eigenvalue weighted by Crippen LogP contribution is -2.39. The number of aromatic nitrogens is 2. The largest absolute Gasteiger partial charge is 0.497 e. The van der Waals surface area contributed by atoms with E-state index < -0.39 is 5.60 Å². The lowest BCUT2D eigenvalue weighted by Gasteiger charge is -2.21. The van der Waals surface area contributed by atoms with Crippen LogP contribution in [0.2, 0.25) is 0 Å². The maximum Gasteiger partial charge on any atom is 0.269 e. The molecule has 0 saturated carbocycles. The summed E-state index contributed by atoms with van der Waals surface area (Å²) in [6.45, 7) is 1.56. The number of carbonyl (C=O) groups is 1. The number of furan rings is 1. The fourth-order valence-corrected chi connectivity index (χ4v) is 3.50. The molecule has 0 spiro atoms. The van der Waals surface area contributed by atoms with Crippen LogP contribution < -0.4 is 14.8 Å². The summed E-state index contributed by atoms with van der Waals surface area (Å²) in [5.41, 5.74) is 0.905. The average Bonchev–Trinajstić information content (AvgIpc) is 3.41. The number of benzene rings is 2. The van der Waals surface area contributed by atoms with Gasteiger partial charge in [0.1, 0.15) is 34.1 Å². The van der Waals surface area contributed by atoms with Crippen LogP contribution in [0.3, 0.4) is 0 Å². The molecule has 2 heterocycles. The van der Waals surface area contributed by atoms with E-state index in [2.05, 4.69) is 10.4 Å². The molecule has 0 bridgehead atoms. The number of ether oxygens (including phenoxy) is 2. The van der Waals surface area contributed by atoms with Crippen LogP contribution in [-0.4, -0.2) is 41.6 Å². The number of nitrogens with zero attached hydrogens (tertiary/aromatic N) is 2. The van der Waals surface area contributed by atoms with E-state index in [0.29, 0.717) is 39.8 Å². The number of fused-ring (bicyclic) bond motifs is 1. The summed E-state index contributed by atoms with van der Waals surface area (Å²) in [5.74, 6) is 1.28. The number of hydrogen-bond acceptors (Lipinski definition) is 6. The van der Waals surface area contributed by atoms with E-state index in [-0.39, 0.29) is 12.5 Å². The van der Waals surface area contributed by atoms with Gasteiger partial charge >= 0.3 is 0 Å². The molecule has 8 heteroatoms. The highest BCUT2D eigenvalue weighted by Gasteiger charge is 2.29. The molecular weight excluding hydrogens is 410 g/mol. The predicted molar refractivity (Wildman–Crippen MR) is 120 cm³/mol. The Bertz CT molecular complexity index is 1240. The van der Waals surface area contributed by atoms with Crippen molar-refractivity contribution in [2.45, 2.75) is 12.5 Å². The molecular formula is C24H25N3O5. The second-order valence-corrected chi connectivity index (χ2v) is 7.71. The molecule has 2 aromatic carbocycles. The Morgan fingerprint density at radius 2 is 1.94 bits per heavy atom. The van der Waals surface area contributed by atoms with Gasteiger partial charge in [0.25, 0.3) is 5.91 Å². The topological polar surface area (TPSA) is 98.8 Å². The third-order valence-corrected chi connectivity index (χ3v) is 5.34. The highest BCUT2D eigenvalue weighted by Crippen LogP contribution is 2.33. The van der Waals surface area contributed by atoms with Gasteiger partial charge < -0.3 is 24.3 Å². The highest BCUT2D eigenvalue weighted by atomic mass is 16.5. The minimum atomic E-state index is -1.38. The van der Waals surface area contributed by atoms with Crippen molar-refractivity contribution >= 4 is 16.9 Å². The highest BCUT2D eigenvalue weighted by molar-refractivity contribution is 5.94. The second-order valence-electron chi connectivity index (χ2n) is 7.71. The summed E-state index contributed by atoms with van der Waals surface area (Å²) in [7, 11) is 4.83. The van der Waals surface area contributed by atoms with Crippen LogP contribution in [0.15, 0.2) is 59.0 Å². The first-order valence-electron chi connectivity index (χ1n) is 10.1. The molecule has 0 saturated heterocycles. The van der Waals surface area contributed by atoms with Gasteiger partial charge in [0, 0.05) is 18.0 Å². The van der Waals surface area contributed by atoms with Crippen LogP contribution in [0.25, 0.3) is 22.2 Å². The second kappa shape index (κ2) is 8.39. The first-order valence-corrected chi connectivity index (χ1v) is 10.1. The van der Waals surface area contributed by atoms with Gasteiger partial charge in [0.15, 0.2) is 0 Å². The third-order valence-electron chi connectivity index (χ3n) is 5.34. The Balaban J connectivity index is 1.54. The molecule has 32 heavy (non-hydrogen) atoms. The fraction of sp³-hybridized carbons (Fsp3) is 0.250. The number of aryl methyl sites for hydroxylation is 1. The predicted octanol–water partition coefficient (Wildman–Crippen LogP) is 3.49. The zero-order chi connectivity index (χ0) is 22.9. The lowest BCUT2D eigenvalue weighted by molar-refractivity contribution is 0.0343. The van der Waals surface area contributed by atoms with Crippen LogP contribution in [0.1, 0.15) is 23.2 Å². The van der Waals surface area contributed by atoms with Gasteiger partial charge in [0.2, 0.25) is 0 Å². The van der Waals surface area contributed by atoms with E-state index in [4.69, 9.17) is 13.9 Å². The van der Waals surface area contributed by atoms with Crippen molar-refractivity contribution in [3.63, 3.8) is 0 Å². The maximum absolute atomic E-state index is 12.9. The molecule has 0 unspecified atom stereocenters. The number of nitrogens with one attached hydrogen (secondary N) is 1. The van der Waals surface area contributed by atoms with E-state index in [9.17, 15) is 9.90 Å². The molecule has 0 radical (unpaired) electrons. The van der Waals surface area contributed by atoms with Crippen molar-refractivity contribution in [1.29, 1.82) is 0 Å². The van der Waals surface area contributed by atoms with E-state index in [1.165, 1.54) is 4.68 Å². The van der Waals surface area contributed by atoms with Gasteiger partial charge in [-0.25, -0.2) is 0 Å². The summed E-state index contributed by atoms with van der Waals surface area (Å²) in [6.07, 6.45) is 0. The Hall–Kier alpha value is -3.78. The Morgan fingerprint density at radius 3 is 2.66 bits per heavy atom. The van der Waals surface area contributed by atoms with Gasteiger partial charge in [-0.15, -0.1) is 0 Å². The quantitative estimate of drug-likeness (QED) is 0.461. The van der Waals surface area contributed by atoms with Crippen LogP contribution in [0, 0.1) is 0 Å². The zero-order valence-corrected chi connectivity index (χ0v) is 18.4. The molecule has 0 aliphatic heterocycles. The molecule has 2 aromatic heterocycles. The number of para-hydroxylation sites is 1. The van der Waals surface area contributed by atoms with Crippen molar-refractivity contribution in [3.05, 3.63) is 66.1 Å². The Morgan fingerprint density at radius 1 is 1.16 bits per heavy atom. The van der Waals surface area contributed by atoms with Crippen molar-refractivity contribution in [2.75, 3.05) is 20.8 Å². The molecule has 1 atom stereocenters. The number of rotatable bonds is 7. The van der Waals surface area contributed by atoms with Gasteiger partial charge in [-0.3, -0.25) is 9.48 Å². The van der Waals surface area contributed by atoms with Gasteiger partial charge in [-0.2, -0.15) is 5.10 Å². The molecule has 166 valence electrons. The minimum absolute atomic E-state index is 0.0331. The van der Waals surface area contributed by atoms with Crippen LogP contribution in [0.4, 0.5) is 0 Å². The van der Waals surface area contributed by atoms with Gasteiger partial charge in [-0.05, 0) is 43.3 Å². The molecule has 1 amide bonds. The number of methoxy groups -OCH3 is 2. The molecule has 0 fully saturated rings. The molecule has 2 N–H and O–H groups in total. The number of amides is 1. The normalized spacial score (nSPS) is 13.0. The fourth-order valence-electron chi connectivity index (χ4n) is 3.50. The standard InChI is InChI=1S/C24H25N3O5/c1-24(29,22-11-15-7-5-6-8-20(15)32-22)14-25-23(28)19-13-18(26-27(19)2)17-12-16(30-3)9-10-21(17)31-4/h5-13,29H,14H2,1-4H3,(H,25,28)/t24-/m1/s1. The smallest absolute Gasteiger partial charge is 0.269 e. The van der Waals surface area contributed by atoms with Crippen LogP contribution in [-0.2, 0) is 12.6 Å². The van der Waals surface area contributed by atoms with Crippen molar-refractivity contribution in [3.8, 4) is 22.8 Å². The van der Waals surface area contributed by atoms with Gasteiger partial charge in [-0.1, -0.05) is 18.2 Å². The monoisotopic (exact) mass is 435 g/mol. The summed E-state index contributed by atoms with van der Waals surface area (Å²) in [5, 5.41) is 19.0. The first kappa shape index (κ1) is 21.5. The Labute approximate surface area is 185 Å². The number of carbonyl (C=O) groups excluding carboxylic acids is 1. The first-order chi connectivity index (χ1) is 15.3. The van der Waals surface area contributed by atoms with Crippen molar-refractivity contribution in [1.82, 2.24) is 15.1 Å². The summed E-state index contributed by atoms with van der Waals surface area (Å²) in [6, 6.07) is 16.3. The van der Waals surface area contributed by atoms with E-state index in [0.717, 1.165) is 5.39 Å². The summed E-state index contributed by atoms with van der Waals surface area (Å²) in [4.78, 5) is 12.9. The average molecular weight is 435 g/mol. The van der Waals surface area contributed by atoms with Crippen molar-refractivity contribution in [2.24, 2.45) is 7.05 Å². The van der Waals surface area contributed by atoms with Crippen molar-refractivity contribution < 1.29 is 23.8 Å². The molecule has 8 nitrogen and oxygen atoms in total. The van der Waals surface area contributed by atoms with E-state index in [1.54, 1.807) is 58.5 Å². The zero-order valence-electron chi connectivity index (χ0n) is 18.4. The third kappa shape index (κ3) is 4.04. The van der Waals surface area contributed by atoms with E-state index in [1.807, 2.05) is 24.3 Å². The number of aliphatic hydroxyl groups is 1. The maximum atomic E-state index is 12.9. The SMILES string of the molecule is COc1ccc(OC)c(-c2cc(C(=O)NC[C@@](C)(O)c3cc4ccccc4o3)n(C)n2)c1. The van der Waals surface area contributed by atoms with Crippen LogP contribution in [0.5, 0.6) is 11.5 Å². The summed E-state index contributed by atoms with van der Waals surface area (Å²) < 4.78 is 18.0. The van der Waals surface area contributed by atoms with Gasteiger partial charge in [0.05, 0.1) is 26.5 Å².